The fourth-order valence-electron chi connectivity index (χ4n) is 3.00. The number of aliphatic carboxylic acids is 1. The number of rotatable bonds is 2. The van der Waals surface area contributed by atoms with Crippen molar-refractivity contribution in [1.29, 1.82) is 0 Å². The smallest absolute Gasteiger partial charge is 0.311 e. The summed E-state index contributed by atoms with van der Waals surface area (Å²) in [5, 5.41) is 9.38. The van der Waals surface area contributed by atoms with E-state index < -0.39 is 11.4 Å². The summed E-state index contributed by atoms with van der Waals surface area (Å²) in [5.74, 6) is -0.0364. The number of carbonyl (C=O) groups is 2. The molecule has 0 aliphatic carbocycles. The van der Waals surface area contributed by atoms with E-state index in [-0.39, 0.29) is 12.5 Å². The van der Waals surface area contributed by atoms with E-state index in [9.17, 15) is 14.7 Å². The molecule has 0 radical (unpaired) electrons. The van der Waals surface area contributed by atoms with Crippen molar-refractivity contribution in [3.8, 4) is 11.5 Å². The largest absolute Gasteiger partial charge is 0.486 e. The van der Waals surface area contributed by atoms with Crippen molar-refractivity contribution in [2.24, 2.45) is 5.41 Å². The van der Waals surface area contributed by atoms with Gasteiger partial charge in [0.1, 0.15) is 13.2 Å². The standard InChI is InChI=1S/C16H19NO5/c1-16(15(19)20)6-3-7-17(10-16)14(18)11-4-2-5-12-13(11)22-9-8-21-12/h2,4-5H,3,6-10H2,1H3,(H,19,20). The first-order valence-electron chi connectivity index (χ1n) is 7.42. The molecule has 2 aliphatic heterocycles. The van der Waals surface area contributed by atoms with Crippen molar-refractivity contribution in [2.45, 2.75) is 19.8 Å². The van der Waals surface area contributed by atoms with Crippen LogP contribution in [0.5, 0.6) is 11.5 Å². The zero-order valence-electron chi connectivity index (χ0n) is 12.5. The Morgan fingerprint density at radius 2 is 2.05 bits per heavy atom. The second kappa shape index (κ2) is 5.51. The molecule has 1 amide bonds. The summed E-state index contributed by atoms with van der Waals surface area (Å²) in [6.45, 7) is 3.34. The number of likely N-dealkylation sites (tertiary alicyclic amines) is 1. The van der Waals surface area contributed by atoms with Crippen LogP contribution in [0.1, 0.15) is 30.1 Å². The summed E-state index contributed by atoms with van der Waals surface area (Å²) in [5.41, 5.74) is -0.452. The maximum absolute atomic E-state index is 12.8. The van der Waals surface area contributed by atoms with Crippen molar-refractivity contribution < 1.29 is 24.2 Å². The minimum absolute atomic E-state index is 0.200. The van der Waals surface area contributed by atoms with Crippen LogP contribution in [-0.4, -0.2) is 48.2 Å². The van der Waals surface area contributed by atoms with E-state index in [1.807, 2.05) is 0 Å². The third kappa shape index (κ3) is 2.49. The van der Waals surface area contributed by atoms with Crippen molar-refractivity contribution in [3.63, 3.8) is 0 Å². The van der Waals surface area contributed by atoms with Crippen LogP contribution in [0.3, 0.4) is 0 Å². The molecule has 0 saturated carbocycles. The Bertz CT molecular complexity index is 615. The molecule has 1 atom stereocenters. The van der Waals surface area contributed by atoms with Crippen LogP contribution in [0.25, 0.3) is 0 Å². The minimum Gasteiger partial charge on any atom is -0.486 e. The molecule has 0 aromatic heterocycles. The maximum atomic E-state index is 12.8. The molecule has 2 heterocycles. The van der Waals surface area contributed by atoms with Crippen LogP contribution in [-0.2, 0) is 4.79 Å². The van der Waals surface area contributed by atoms with Gasteiger partial charge in [-0.05, 0) is 31.9 Å². The zero-order valence-corrected chi connectivity index (χ0v) is 12.5. The SMILES string of the molecule is CC1(C(=O)O)CCCN(C(=O)c2cccc3c2OCCO3)C1. The molecule has 0 bridgehead atoms. The van der Waals surface area contributed by atoms with Gasteiger partial charge in [0.25, 0.3) is 5.91 Å². The number of benzene rings is 1. The van der Waals surface area contributed by atoms with Crippen molar-refractivity contribution >= 4 is 11.9 Å². The molecule has 1 fully saturated rings. The summed E-state index contributed by atoms with van der Waals surface area (Å²) in [7, 11) is 0. The molecule has 1 aromatic carbocycles. The van der Waals surface area contributed by atoms with E-state index in [1.165, 1.54) is 0 Å². The van der Waals surface area contributed by atoms with Gasteiger partial charge in [0.05, 0.1) is 11.0 Å². The third-order valence-corrected chi connectivity index (χ3v) is 4.30. The highest BCUT2D eigenvalue weighted by Crippen LogP contribution is 2.36. The van der Waals surface area contributed by atoms with Gasteiger partial charge < -0.3 is 19.5 Å². The number of ether oxygens (including phenoxy) is 2. The highest BCUT2D eigenvalue weighted by molar-refractivity contribution is 5.98. The fraction of sp³-hybridized carbons (Fsp3) is 0.500. The number of piperidine rings is 1. The Morgan fingerprint density at radius 1 is 1.27 bits per heavy atom. The van der Waals surface area contributed by atoms with Gasteiger partial charge in [-0.1, -0.05) is 6.07 Å². The maximum Gasteiger partial charge on any atom is 0.311 e. The molecule has 1 saturated heterocycles. The monoisotopic (exact) mass is 305 g/mol. The fourth-order valence-corrected chi connectivity index (χ4v) is 3.00. The number of carboxylic acid groups (broad SMARTS) is 1. The van der Waals surface area contributed by atoms with Gasteiger partial charge in [0.15, 0.2) is 11.5 Å². The number of carboxylic acids is 1. The first-order chi connectivity index (χ1) is 10.5. The molecular weight excluding hydrogens is 286 g/mol. The lowest BCUT2D eigenvalue weighted by Gasteiger charge is -2.37. The summed E-state index contributed by atoms with van der Waals surface area (Å²) < 4.78 is 11.1. The first-order valence-corrected chi connectivity index (χ1v) is 7.42. The van der Waals surface area contributed by atoms with E-state index in [0.29, 0.717) is 49.7 Å². The lowest BCUT2D eigenvalue weighted by Crippen LogP contribution is -2.48. The molecule has 22 heavy (non-hydrogen) atoms. The number of nitrogens with zero attached hydrogens (tertiary/aromatic N) is 1. The molecule has 3 rings (SSSR count). The number of amides is 1. The summed E-state index contributed by atoms with van der Waals surface area (Å²) in [6, 6.07) is 5.21. The van der Waals surface area contributed by atoms with Gasteiger partial charge in [-0.3, -0.25) is 9.59 Å². The van der Waals surface area contributed by atoms with Gasteiger partial charge in [0, 0.05) is 13.1 Å². The Balaban J connectivity index is 1.87. The first kappa shape index (κ1) is 14.7. The van der Waals surface area contributed by atoms with Crippen LogP contribution in [0.4, 0.5) is 0 Å². The lowest BCUT2D eigenvalue weighted by molar-refractivity contribution is -0.150. The van der Waals surface area contributed by atoms with E-state index in [2.05, 4.69) is 0 Å². The Morgan fingerprint density at radius 3 is 2.82 bits per heavy atom. The summed E-state index contributed by atoms with van der Waals surface area (Å²) in [4.78, 5) is 25.8. The van der Waals surface area contributed by atoms with Crippen LogP contribution < -0.4 is 9.47 Å². The van der Waals surface area contributed by atoms with E-state index in [1.54, 1.807) is 30.0 Å². The molecular formula is C16H19NO5. The van der Waals surface area contributed by atoms with Crippen LogP contribution in [0, 0.1) is 5.41 Å². The predicted molar refractivity (Wildman–Crippen MR) is 78.3 cm³/mol. The Hall–Kier alpha value is -2.24. The third-order valence-electron chi connectivity index (χ3n) is 4.30. The van der Waals surface area contributed by atoms with E-state index >= 15 is 0 Å². The predicted octanol–water partition coefficient (Wildman–Crippen LogP) is 1.78. The molecule has 0 spiro atoms. The van der Waals surface area contributed by atoms with Crippen LogP contribution in [0.2, 0.25) is 0 Å². The van der Waals surface area contributed by atoms with Gasteiger partial charge in [-0.25, -0.2) is 0 Å². The number of hydrogen-bond donors (Lipinski definition) is 1. The van der Waals surface area contributed by atoms with Gasteiger partial charge in [-0.15, -0.1) is 0 Å². The molecule has 2 aliphatic rings. The Kier molecular flexibility index (Phi) is 3.68. The molecule has 6 nitrogen and oxygen atoms in total. The van der Waals surface area contributed by atoms with Crippen LogP contribution in [0.15, 0.2) is 18.2 Å². The number of para-hydroxylation sites is 1. The lowest BCUT2D eigenvalue weighted by atomic mass is 9.82. The number of fused-ring (bicyclic) bond motifs is 1. The molecule has 6 heteroatoms. The molecule has 1 aromatic rings. The van der Waals surface area contributed by atoms with Crippen molar-refractivity contribution in [3.05, 3.63) is 23.8 Å². The molecule has 1 N–H and O–H groups in total. The van der Waals surface area contributed by atoms with E-state index in [0.717, 1.165) is 0 Å². The molecule has 118 valence electrons. The van der Waals surface area contributed by atoms with E-state index in [4.69, 9.17) is 9.47 Å². The van der Waals surface area contributed by atoms with Crippen molar-refractivity contribution in [1.82, 2.24) is 4.90 Å². The number of carbonyl (C=O) groups excluding carboxylic acids is 1. The summed E-state index contributed by atoms with van der Waals surface area (Å²) >= 11 is 0. The topological polar surface area (TPSA) is 76.1 Å². The normalized spacial score (nSPS) is 24.0. The molecule has 1 unspecified atom stereocenters. The van der Waals surface area contributed by atoms with Gasteiger partial charge >= 0.3 is 5.97 Å². The Labute approximate surface area is 128 Å². The average molecular weight is 305 g/mol. The zero-order chi connectivity index (χ0) is 15.7. The quantitative estimate of drug-likeness (QED) is 0.901. The summed E-state index contributed by atoms with van der Waals surface area (Å²) in [6.07, 6.45) is 1.26. The van der Waals surface area contributed by atoms with Crippen molar-refractivity contribution in [2.75, 3.05) is 26.3 Å². The highest BCUT2D eigenvalue weighted by atomic mass is 16.6. The van der Waals surface area contributed by atoms with Crippen LogP contribution >= 0.6 is 0 Å². The van der Waals surface area contributed by atoms with Gasteiger partial charge in [0.2, 0.25) is 0 Å². The highest BCUT2D eigenvalue weighted by Gasteiger charge is 2.40. The second-order valence-electron chi connectivity index (χ2n) is 6.03. The minimum atomic E-state index is -0.889. The van der Waals surface area contributed by atoms with Gasteiger partial charge in [-0.2, -0.15) is 0 Å². The second-order valence-corrected chi connectivity index (χ2v) is 6.03. The average Bonchev–Trinajstić information content (AvgIpc) is 2.53. The number of hydrogen-bond acceptors (Lipinski definition) is 4.